The minimum Gasteiger partial charge on any atom is -0.481 e. The van der Waals surface area contributed by atoms with Crippen molar-refractivity contribution < 1.29 is 19.6 Å². The Hall–Kier alpha value is -2.90. The molecular formula is C12H11N3O5. The predicted octanol–water partition coefficient (Wildman–Crippen LogP) is 1.75. The van der Waals surface area contributed by atoms with E-state index in [4.69, 9.17) is 9.84 Å². The summed E-state index contributed by atoms with van der Waals surface area (Å²) in [4.78, 5) is 24.6. The molecule has 0 spiro atoms. The lowest BCUT2D eigenvalue weighted by molar-refractivity contribution is -0.390. The summed E-state index contributed by atoms with van der Waals surface area (Å²) in [6.45, 7) is 0. The van der Waals surface area contributed by atoms with Gasteiger partial charge in [-0.2, -0.15) is 0 Å². The molecule has 1 aromatic carbocycles. The normalized spacial score (nSPS) is 10.2. The van der Waals surface area contributed by atoms with Crippen LogP contribution < -0.4 is 4.74 Å². The Bertz CT molecular complexity index is 665. The second-order valence-electron chi connectivity index (χ2n) is 4.02. The Morgan fingerprint density at radius 3 is 2.85 bits per heavy atom. The highest BCUT2D eigenvalue weighted by atomic mass is 16.6. The number of carboxylic acid groups (broad SMARTS) is 1. The number of ether oxygens (including phenoxy) is 1. The number of imidazole rings is 1. The molecule has 104 valence electrons. The summed E-state index contributed by atoms with van der Waals surface area (Å²) < 4.78 is 6.83. The fraction of sp³-hybridized carbons (Fsp3) is 0.167. The molecule has 1 N–H and O–H groups in total. The van der Waals surface area contributed by atoms with Gasteiger partial charge in [0.25, 0.3) is 0 Å². The van der Waals surface area contributed by atoms with Crippen LogP contribution in [0.25, 0.3) is 0 Å². The fourth-order valence-electron chi connectivity index (χ4n) is 1.67. The summed E-state index contributed by atoms with van der Waals surface area (Å²) >= 11 is 0. The lowest BCUT2D eigenvalue weighted by Crippen LogP contribution is -2.03. The van der Waals surface area contributed by atoms with E-state index in [0.717, 1.165) is 0 Å². The molecule has 0 aliphatic rings. The van der Waals surface area contributed by atoms with Crippen LogP contribution >= 0.6 is 0 Å². The van der Waals surface area contributed by atoms with Crippen LogP contribution in [0.15, 0.2) is 30.6 Å². The van der Waals surface area contributed by atoms with Crippen molar-refractivity contribution in [1.29, 1.82) is 0 Å². The number of benzene rings is 1. The smallest absolute Gasteiger partial charge is 0.427 e. The van der Waals surface area contributed by atoms with Gasteiger partial charge in [0.15, 0.2) is 0 Å². The zero-order valence-electron chi connectivity index (χ0n) is 10.5. The number of nitrogens with zero attached hydrogens (tertiary/aromatic N) is 3. The Morgan fingerprint density at radius 2 is 2.20 bits per heavy atom. The maximum absolute atomic E-state index is 10.8. The highest BCUT2D eigenvalue weighted by molar-refractivity contribution is 5.71. The first-order chi connectivity index (χ1) is 9.49. The van der Waals surface area contributed by atoms with Crippen molar-refractivity contribution >= 4 is 11.8 Å². The number of aryl methyl sites for hydroxylation is 1. The van der Waals surface area contributed by atoms with Gasteiger partial charge < -0.3 is 20.0 Å². The number of nitro groups is 1. The average molecular weight is 277 g/mol. The van der Waals surface area contributed by atoms with Crippen molar-refractivity contribution in [2.24, 2.45) is 7.05 Å². The van der Waals surface area contributed by atoms with Gasteiger partial charge in [-0.05, 0) is 16.0 Å². The van der Waals surface area contributed by atoms with Crippen LogP contribution in [-0.2, 0) is 18.3 Å². The first-order valence-electron chi connectivity index (χ1n) is 5.62. The largest absolute Gasteiger partial charge is 0.481 e. The van der Waals surface area contributed by atoms with Gasteiger partial charge in [0.2, 0.25) is 6.33 Å². The molecule has 0 aliphatic carbocycles. The van der Waals surface area contributed by atoms with Crippen LogP contribution in [0.2, 0.25) is 0 Å². The molecule has 2 aromatic rings. The minimum absolute atomic E-state index is 0.0483. The van der Waals surface area contributed by atoms with Gasteiger partial charge in [-0.3, -0.25) is 9.36 Å². The molecule has 0 amide bonds. The molecule has 20 heavy (non-hydrogen) atoms. The standard InChI is InChI=1S/C12H11N3O5/c1-14-7-13-11(15(18)19)12(14)20-9-5-3-2-4-8(9)6-10(16)17/h2-5,7H,6H2,1H3,(H,16,17). The van der Waals surface area contributed by atoms with Crippen LogP contribution in [0, 0.1) is 10.1 Å². The predicted molar refractivity (Wildman–Crippen MR) is 67.7 cm³/mol. The number of rotatable bonds is 5. The number of hydrogen-bond donors (Lipinski definition) is 1. The summed E-state index contributed by atoms with van der Waals surface area (Å²) in [5, 5.41) is 19.7. The highest BCUT2D eigenvalue weighted by Crippen LogP contribution is 2.31. The first kappa shape index (κ1) is 13.5. The third kappa shape index (κ3) is 2.74. The van der Waals surface area contributed by atoms with Crippen LogP contribution in [0.3, 0.4) is 0 Å². The van der Waals surface area contributed by atoms with E-state index in [1.54, 1.807) is 31.3 Å². The lowest BCUT2D eigenvalue weighted by atomic mass is 10.1. The molecule has 1 heterocycles. The fourth-order valence-corrected chi connectivity index (χ4v) is 1.67. The maximum Gasteiger partial charge on any atom is 0.427 e. The van der Waals surface area contributed by atoms with Crippen molar-refractivity contribution in [2.75, 3.05) is 0 Å². The zero-order valence-corrected chi connectivity index (χ0v) is 10.5. The molecule has 8 nitrogen and oxygen atoms in total. The Balaban J connectivity index is 2.38. The Labute approximate surface area is 113 Å². The molecule has 0 aliphatic heterocycles. The highest BCUT2D eigenvalue weighted by Gasteiger charge is 2.23. The van der Waals surface area contributed by atoms with E-state index < -0.39 is 16.7 Å². The monoisotopic (exact) mass is 277 g/mol. The summed E-state index contributed by atoms with van der Waals surface area (Å²) in [5.74, 6) is -1.23. The summed E-state index contributed by atoms with van der Waals surface area (Å²) in [6.07, 6.45) is 1.02. The van der Waals surface area contributed by atoms with Crippen molar-refractivity contribution in [1.82, 2.24) is 9.55 Å². The molecule has 0 saturated carbocycles. The van der Waals surface area contributed by atoms with Gasteiger partial charge in [-0.1, -0.05) is 18.2 Å². The Kier molecular flexibility index (Phi) is 3.65. The quantitative estimate of drug-likeness (QED) is 0.658. The van der Waals surface area contributed by atoms with Crippen LogP contribution in [0.4, 0.5) is 5.82 Å². The number of carbonyl (C=O) groups is 1. The zero-order chi connectivity index (χ0) is 14.7. The SMILES string of the molecule is Cn1cnc([N+](=O)[O-])c1Oc1ccccc1CC(=O)O. The van der Waals surface area contributed by atoms with Gasteiger partial charge >= 0.3 is 17.7 Å². The van der Waals surface area contributed by atoms with E-state index in [0.29, 0.717) is 5.56 Å². The third-order valence-corrected chi connectivity index (χ3v) is 2.56. The van der Waals surface area contributed by atoms with E-state index in [9.17, 15) is 14.9 Å². The van der Waals surface area contributed by atoms with Crippen molar-refractivity contribution in [3.05, 3.63) is 46.3 Å². The molecule has 8 heteroatoms. The van der Waals surface area contributed by atoms with Gasteiger partial charge in [0.05, 0.1) is 6.42 Å². The third-order valence-electron chi connectivity index (χ3n) is 2.56. The number of aliphatic carboxylic acids is 1. The number of carboxylic acids is 1. The van der Waals surface area contributed by atoms with Crippen LogP contribution in [-0.4, -0.2) is 25.6 Å². The second kappa shape index (κ2) is 5.39. The molecule has 0 bridgehead atoms. The summed E-state index contributed by atoms with van der Waals surface area (Å²) in [7, 11) is 1.55. The number of aromatic nitrogens is 2. The molecule has 0 unspecified atom stereocenters. The van der Waals surface area contributed by atoms with Crippen LogP contribution in [0.1, 0.15) is 5.56 Å². The number of para-hydroxylation sites is 1. The van der Waals surface area contributed by atoms with Crippen molar-refractivity contribution in [3.63, 3.8) is 0 Å². The second-order valence-corrected chi connectivity index (χ2v) is 4.02. The van der Waals surface area contributed by atoms with Crippen LogP contribution in [0.5, 0.6) is 11.6 Å². The average Bonchev–Trinajstić information content (AvgIpc) is 2.73. The minimum atomic E-state index is -1.01. The molecule has 0 saturated heterocycles. The van der Waals surface area contributed by atoms with Gasteiger partial charge in [0, 0.05) is 12.6 Å². The lowest BCUT2D eigenvalue weighted by Gasteiger charge is -2.09. The molecule has 0 atom stereocenters. The van der Waals surface area contributed by atoms with E-state index in [1.165, 1.54) is 10.9 Å². The van der Waals surface area contributed by atoms with Gasteiger partial charge in [-0.25, -0.2) is 0 Å². The first-order valence-corrected chi connectivity index (χ1v) is 5.62. The van der Waals surface area contributed by atoms with E-state index in [2.05, 4.69) is 4.98 Å². The Morgan fingerprint density at radius 1 is 1.50 bits per heavy atom. The van der Waals surface area contributed by atoms with Gasteiger partial charge in [0.1, 0.15) is 5.75 Å². The molecule has 1 aromatic heterocycles. The van der Waals surface area contributed by atoms with E-state index >= 15 is 0 Å². The van der Waals surface area contributed by atoms with E-state index in [1.807, 2.05) is 0 Å². The van der Waals surface area contributed by atoms with Crippen molar-refractivity contribution in [3.8, 4) is 11.6 Å². The topological polar surface area (TPSA) is 107 Å². The summed E-state index contributed by atoms with van der Waals surface area (Å²) in [5.41, 5.74) is 0.426. The molecule has 0 fully saturated rings. The summed E-state index contributed by atoms with van der Waals surface area (Å²) in [6, 6.07) is 6.46. The van der Waals surface area contributed by atoms with Crippen molar-refractivity contribution in [2.45, 2.75) is 6.42 Å². The van der Waals surface area contributed by atoms with Gasteiger partial charge in [-0.15, -0.1) is 0 Å². The number of hydrogen-bond acceptors (Lipinski definition) is 5. The molecular weight excluding hydrogens is 266 g/mol. The maximum atomic E-state index is 10.8. The molecule has 0 radical (unpaired) electrons. The van der Waals surface area contributed by atoms with E-state index in [-0.39, 0.29) is 18.1 Å². The molecule has 2 rings (SSSR count).